The van der Waals surface area contributed by atoms with Crippen molar-refractivity contribution in [1.29, 1.82) is 0 Å². The number of nitrogens with zero attached hydrogens (tertiary/aromatic N) is 3. The van der Waals surface area contributed by atoms with E-state index in [0.717, 1.165) is 23.4 Å². The third kappa shape index (κ3) is 4.62. The maximum absolute atomic E-state index is 13.5. The van der Waals surface area contributed by atoms with Gasteiger partial charge in [0.25, 0.3) is 0 Å². The molecular formula is C19H22FN3O2. The van der Waals surface area contributed by atoms with Gasteiger partial charge >= 0.3 is 5.97 Å². The Morgan fingerprint density at radius 2 is 2.08 bits per heavy atom. The lowest BCUT2D eigenvalue weighted by Gasteiger charge is -2.12. The molecule has 0 unspecified atom stereocenters. The fourth-order valence-corrected chi connectivity index (χ4v) is 2.15. The molecule has 0 aliphatic rings. The van der Waals surface area contributed by atoms with Crippen LogP contribution in [0.3, 0.4) is 0 Å². The van der Waals surface area contributed by atoms with E-state index in [4.69, 9.17) is 4.74 Å². The van der Waals surface area contributed by atoms with Gasteiger partial charge in [0, 0.05) is 19.8 Å². The van der Waals surface area contributed by atoms with Crippen molar-refractivity contribution in [3.8, 4) is 0 Å². The van der Waals surface area contributed by atoms with Crippen LogP contribution < -0.4 is 0 Å². The molecule has 0 fully saturated rings. The van der Waals surface area contributed by atoms with Crippen molar-refractivity contribution in [3.63, 3.8) is 0 Å². The highest BCUT2D eigenvalue weighted by molar-refractivity contribution is 5.92. The number of benzene rings is 1. The molecule has 0 spiro atoms. The predicted octanol–water partition coefficient (Wildman–Crippen LogP) is 3.81. The van der Waals surface area contributed by atoms with Crippen LogP contribution in [0.1, 0.15) is 34.1 Å². The van der Waals surface area contributed by atoms with Gasteiger partial charge in [-0.1, -0.05) is 0 Å². The molecule has 6 heteroatoms. The van der Waals surface area contributed by atoms with Crippen molar-refractivity contribution in [2.75, 3.05) is 13.6 Å². The Morgan fingerprint density at radius 3 is 2.76 bits per heavy atom. The minimum Gasteiger partial charge on any atom is -0.455 e. The summed E-state index contributed by atoms with van der Waals surface area (Å²) in [5.41, 5.74) is 3.04. The lowest BCUT2D eigenvalue weighted by atomic mass is 10.0. The van der Waals surface area contributed by atoms with E-state index in [1.165, 1.54) is 18.3 Å². The first-order valence-corrected chi connectivity index (χ1v) is 8.05. The fraction of sp³-hybridized carbons (Fsp3) is 0.316. The molecule has 132 valence electrons. The molecule has 0 amide bonds. The Morgan fingerprint density at radius 1 is 1.32 bits per heavy atom. The summed E-state index contributed by atoms with van der Waals surface area (Å²) in [4.78, 5) is 22.6. The number of hydrogen-bond donors (Lipinski definition) is 0. The minimum atomic E-state index is -0.508. The molecule has 1 aromatic carbocycles. The molecule has 0 aliphatic carbocycles. The first kappa shape index (κ1) is 18.6. The van der Waals surface area contributed by atoms with E-state index in [-0.39, 0.29) is 12.3 Å². The molecule has 1 aromatic heterocycles. The van der Waals surface area contributed by atoms with Crippen LogP contribution in [0, 0.1) is 19.7 Å². The standard InChI is InChI=1S/C19H22FN3O2/c1-5-23(4)12-22-17-9-8-15(13(2)14(17)3)19(24)25-11-18-16(20)7-6-10-21-18/h6-10,12H,5,11H2,1-4H3/b22-12+. The average Bonchev–Trinajstić information content (AvgIpc) is 2.61. The van der Waals surface area contributed by atoms with E-state index >= 15 is 0 Å². The smallest absolute Gasteiger partial charge is 0.338 e. The third-order valence-electron chi connectivity index (χ3n) is 4.05. The first-order chi connectivity index (χ1) is 11.9. The quantitative estimate of drug-likeness (QED) is 0.455. The second kappa shape index (κ2) is 8.37. The number of halogens is 1. The average molecular weight is 343 g/mol. The minimum absolute atomic E-state index is 0.106. The van der Waals surface area contributed by atoms with Gasteiger partial charge in [-0.25, -0.2) is 14.2 Å². The number of aromatic nitrogens is 1. The van der Waals surface area contributed by atoms with Gasteiger partial charge in [0.2, 0.25) is 0 Å². The summed E-state index contributed by atoms with van der Waals surface area (Å²) in [5.74, 6) is -1.00. The number of esters is 1. The van der Waals surface area contributed by atoms with Gasteiger partial charge in [-0.15, -0.1) is 0 Å². The van der Waals surface area contributed by atoms with Crippen LogP contribution >= 0.6 is 0 Å². The van der Waals surface area contributed by atoms with E-state index in [1.807, 2.05) is 32.7 Å². The summed E-state index contributed by atoms with van der Waals surface area (Å²) in [6.07, 6.45) is 3.21. The van der Waals surface area contributed by atoms with Gasteiger partial charge < -0.3 is 9.64 Å². The maximum atomic E-state index is 13.5. The van der Waals surface area contributed by atoms with E-state index in [0.29, 0.717) is 5.56 Å². The zero-order valence-electron chi connectivity index (χ0n) is 14.9. The largest absolute Gasteiger partial charge is 0.455 e. The number of hydrogen-bond acceptors (Lipinski definition) is 4. The number of carbonyl (C=O) groups excluding carboxylic acids is 1. The van der Waals surface area contributed by atoms with Crippen molar-refractivity contribution in [2.45, 2.75) is 27.4 Å². The molecule has 0 radical (unpaired) electrons. The van der Waals surface area contributed by atoms with Crippen molar-refractivity contribution >= 4 is 18.0 Å². The molecule has 0 saturated heterocycles. The topological polar surface area (TPSA) is 54.8 Å². The van der Waals surface area contributed by atoms with Crippen molar-refractivity contribution in [3.05, 3.63) is 58.7 Å². The van der Waals surface area contributed by atoms with Gasteiger partial charge in [-0.3, -0.25) is 4.98 Å². The second-order valence-corrected chi connectivity index (χ2v) is 5.71. The fourth-order valence-electron chi connectivity index (χ4n) is 2.15. The highest BCUT2D eigenvalue weighted by Gasteiger charge is 2.15. The molecule has 2 rings (SSSR count). The van der Waals surface area contributed by atoms with E-state index in [9.17, 15) is 9.18 Å². The first-order valence-electron chi connectivity index (χ1n) is 8.05. The summed E-state index contributed by atoms with van der Waals surface area (Å²) in [5, 5.41) is 0. The molecule has 2 aromatic rings. The molecule has 0 atom stereocenters. The Bertz CT molecular complexity index is 790. The monoisotopic (exact) mass is 343 g/mol. The molecule has 25 heavy (non-hydrogen) atoms. The van der Waals surface area contributed by atoms with Gasteiger partial charge in [-0.05, 0) is 56.2 Å². The van der Waals surface area contributed by atoms with Crippen LogP contribution in [0.15, 0.2) is 35.5 Å². The SMILES string of the molecule is CCN(C)/C=N/c1ccc(C(=O)OCc2ncccc2F)c(C)c1C. The van der Waals surface area contributed by atoms with Crippen LogP contribution in [0.4, 0.5) is 10.1 Å². The van der Waals surface area contributed by atoms with Crippen molar-refractivity contribution in [1.82, 2.24) is 9.88 Å². The van der Waals surface area contributed by atoms with Crippen LogP contribution in [0.25, 0.3) is 0 Å². The Balaban J connectivity index is 2.14. The lowest BCUT2D eigenvalue weighted by molar-refractivity contribution is 0.0462. The molecular weight excluding hydrogens is 321 g/mol. The highest BCUT2D eigenvalue weighted by Crippen LogP contribution is 2.25. The van der Waals surface area contributed by atoms with Crippen LogP contribution in [-0.4, -0.2) is 35.8 Å². The number of ether oxygens (including phenoxy) is 1. The molecule has 0 saturated carbocycles. The number of aliphatic imine (C=N–C) groups is 1. The summed E-state index contributed by atoms with van der Waals surface area (Å²) in [6.45, 7) is 6.44. The molecule has 0 N–H and O–H groups in total. The summed E-state index contributed by atoms with van der Waals surface area (Å²) >= 11 is 0. The predicted molar refractivity (Wildman–Crippen MR) is 95.7 cm³/mol. The van der Waals surface area contributed by atoms with E-state index in [1.54, 1.807) is 18.5 Å². The van der Waals surface area contributed by atoms with Gasteiger partial charge in [0.05, 0.1) is 17.6 Å². The zero-order valence-corrected chi connectivity index (χ0v) is 14.9. The number of carbonyl (C=O) groups is 1. The Kier molecular flexibility index (Phi) is 6.22. The second-order valence-electron chi connectivity index (χ2n) is 5.71. The van der Waals surface area contributed by atoms with Gasteiger partial charge in [0.15, 0.2) is 0 Å². The molecule has 0 bridgehead atoms. The summed E-state index contributed by atoms with van der Waals surface area (Å²) in [6, 6.07) is 6.23. The van der Waals surface area contributed by atoms with Gasteiger partial charge in [-0.2, -0.15) is 0 Å². The van der Waals surface area contributed by atoms with Crippen LogP contribution in [0.5, 0.6) is 0 Å². The maximum Gasteiger partial charge on any atom is 0.338 e. The van der Waals surface area contributed by atoms with E-state index < -0.39 is 11.8 Å². The number of pyridine rings is 1. The Hall–Kier alpha value is -2.76. The van der Waals surface area contributed by atoms with Crippen LogP contribution in [-0.2, 0) is 11.3 Å². The van der Waals surface area contributed by atoms with E-state index in [2.05, 4.69) is 9.98 Å². The van der Waals surface area contributed by atoms with Crippen molar-refractivity contribution < 1.29 is 13.9 Å². The third-order valence-corrected chi connectivity index (χ3v) is 4.05. The summed E-state index contributed by atoms with van der Waals surface area (Å²) in [7, 11) is 1.94. The Labute approximate surface area is 147 Å². The lowest BCUT2D eigenvalue weighted by Crippen LogP contribution is -2.14. The molecule has 1 heterocycles. The number of rotatable bonds is 6. The summed E-state index contributed by atoms with van der Waals surface area (Å²) < 4.78 is 18.7. The highest BCUT2D eigenvalue weighted by atomic mass is 19.1. The van der Waals surface area contributed by atoms with Crippen molar-refractivity contribution in [2.24, 2.45) is 4.99 Å². The van der Waals surface area contributed by atoms with Gasteiger partial charge in [0.1, 0.15) is 18.1 Å². The normalized spacial score (nSPS) is 10.9. The molecule has 5 nitrogen and oxygen atoms in total. The van der Waals surface area contributed by atoms with Crippen LogP contribution in [0.2, 0.25) is 0 Å². The zero-order chi connectivity index (χ0) is 18.4. The molecule has 0 aliphatic heterocycles.